The Labute approximate surface area is 89.1 Å². The lowest BCUT2D eigenvalue weighted by molar-refractivity contribution is 0.300. The quantitative estimate of drug-likeness (QED) is 0.828. The fourth-order valence-corrected chi connectivity index (χ4v) is 1.41. The van der Waals surface area contributed by atoms with E-state index in [1.807, 2.05) is 13.0 Å². The van der Waals surface area contributed by atoms with Gasteiger partial charge >= 0.3 is 10.3 Å². The maximum Gasteiger partial charge on any atom is 0.333 e. The van der Waals surface area contributed by atoms with Crippen LogP contribution in [0, 0.1) is 6.92 Å². The van der Waals surface area contributed by atoms with Gasteiger partial charge in [-0.1, -0.05) is 12.1 Å². The molecule has 1 aromatic rings. The lowest BCUT2D eigenvalue weighted by Gasteiger charge is -2.08. The molecule has 0 aliphatic heterocycles. The predicted octanol–water partition coefficient (Wildman–Crippen LogP) is 0.724. The van der Waals surface area contributed by atoms with E-state index in [1.54, 1.807) is 12.1 Å². The first-order valence-corrected chi connectivity index (χ1v) is 5.70. The van der Waals surface area contributed by atoms with Crippen molar-refractivity contribution in [3.05, 3.63) is 29.3 Å². The van der Waals surface area contributed by atoms with Crippen molar-refractivity contribution in [3.63, 3.8) is 0 Å². The zero-order chi connectivity index (χ0) is 11.5. The predicted molar refractivity (Wildman–Crippen MR) is 55.6 cm³/mol. The van der Waals surface area contributed by atoms with E-state index in [9.17, 15) is 8.42 Å². The molecule has 6 heteroatoms. The van der Waals surface area contributed by atoms with Crippen LogP contribution in [0.25, 0.3) is 0 Å². The van der Waals surface area contributed by atoms with Crippen LogP contribution in [-0.4, -0.2) is 15.5 Å². The van der Waals surface area contributed by atoms with Gasteiger partial charge in [-0.05, 0) is 18.6 Å². The Kier molecular flexibility index (Phi) is 3.67. The number of hydrogen-bond acceptors (Lipinski definition) is 4. The summed E-state index contributed by atoms with van der Waals surface area (Å²) in [6.07, 6.45) is 0. The van der Waals surface area contributed by atoms with Gasteiger partial charge in [0.15, 0.2) is 0 Å². The summed E-state index contributed by atoms with van der Waals surface area (Å²) in [4.78, 5) is 0. The van der Waals surface area contributed by atoms with Crippen molar-refractivity contribution in [3.8, 4) is 5.75 Å². The average molecular weight is 231 g/mol. The maximum absolute atomic E-state index is 10.6. The van der Waals surface area contributed by atoms with E-state index in [1.165, 1.54) is 7.11 Å². The van der Waals surface area contributed by atoms with Crippen molar-refractivity contribution in [1.29, 1.82) is 0 Å². The molecule has 0 aliphatic carbocycles. The molecule has 0 unspecified atom stereocenters. The summed E-state index contributed by atoms with van der Waals surface area (Å²) in [6, 6.07) is 5.37. The minimum Gasteiger partial charge on any atom is -0.496 e. The zero-order valence-electron chi connectivity index (χ0n) is 8.56. The molecular weight excluding hydrogens is 218 g/mol. The molecule has 1 rings (SSSR count). The third-order valence-electron chi connectivity index (χ3n) is 1.82. The summed E-state index contributed by atoms with van der Waals surface area (Å²) in [7, 11) is -2.40. The fraction of sp³-hybridized carbons (Fsp3) is 0.333. The van der Waals surface area contributed by atoms with Crippen LogP contribution in [0.4, 0.5) is 0 Å². The molecule has 0 saturated carbocycles. The van der Waals surface area contributed by atoms with Gasteiger partial charge in [-0.2, -0.15) is 8.42 Å². The minimum atomic E-state index is -3.91. The van der Waals surface area contributed by atoms with E-state index in [4.69, 9.17) is 9.88 Å². The van der Waals surface area contributed by atoms with Gasteiger partial charge < -0.3 is 4.74 Å². The first-order valence-electron chi connectivity index (χ1n) is 4.23. The van der Waals surface area contributed by atoms with Crippen LogP contribution in [0.3, 0.4) is 0 Å². The molecule has 0 radical (unpaired) electrons. The van der Waals surface area contributed by atoms with Gasteiger partial charge in [-0.3, -0.25) is 4.18 Å². The Balaban J connectivity index is 2.85. The Morgan fingerprint density at radius 1 is 1.40 bits per heavy atom. The summed E-state index contributed by atoms with van der Waals surface area (Å²) in [5, 5.41) is 4.71. The van der Waals surface area contributed by atoms with E-state index in [-0.39, 0.29) is 6.61 Å². The average Bonchev–Trinajstić information content (AvgIpc) is 2.14. The monoisotopic (exact) mass is 231 g/mol. The van der Waals surface area contributed by atoms with Gasteiger partial charge in [-0.25, -0.2) is 5.14 Å². The smallest absolute Gasteiger partial charge is 0.333 e. The highest BCUT2D eigenvalue weighted by molar-refractivity contribution is 7.84. The molecule has 15 heavy (non-hydrogen) atoms. The van der Waals surface area contributed by atoms with E-state index < -0.39 is 10.3 Å². The van der Waals surface area contributed by atoms with Crippen LogP contribution >= 0.6 is 0 Å². The van der Waals surface area contributed by atoms with Gasteiger partial charge in [-0.15, -0.1) is 0 Å². The molecule has 0 aliphatic rings. The lowest BCUT2D eigenvalue weighted by Crippen LogP contribution is -2.15. The Bertz CT molecular complexity index is 441. The van der Waals surface area contributed by atoms with Crippen molar-refractivity contribution < 1.29 is 17.3 Å². The summed E-state index contributed by atoms with van der Waals surface area (Å²) < 4.78 is 30.7. The highest BCUT2D eigenvalue weighted by atomic mass is 32.2. The van der Waals surface area contributed by atoms with E-state index >= 15 is 0 Å². The van der Waals surface area contributed by atoms with Gasteiger partial charge in [0, 0.05) is 5.56 Å². The van der Waals surface area contributed by atoms with Gasteiger partial charge in [0.1, 0.15) is 5.75 Å². The Morgan fingerprint density at radius 3 is 2.60 bits per heavy atom. The third kappa shape index (κ3) is 3.86. The number of nitrogens with two attached hydrogens (primary N) is 1. The van der Waals surface area contributed by atoms with Crippen molar-refractivity contribution in [1.82, 2.24) is 0 Å². The van der Waals surface area contributed by atoms with Crippen molar-refractivity contribution in [2.24, 2.45) is 5.14 Å². The molecule has 1 aromatic carbocycles. The standard InChI is InChI=1S/C9H13NO4S/c1-7-3-4-8(9(5-7)13-2)6-14-15(10,11)12/h3-5H,6H2,1-2H3,(H2,10,11,12). The largest absolute Gasteiger partial charge is 0.496 e. The number of rotatable bonds is 4. The molecule has 0 bridgehead atoms. The zero-order valence-corrected chi connectivity index (χ0v) is 9.37. The van der Waals surface area contributed by atoms with Crippen LogP contribution in [0.1, 0.15) is 11.1 Å². The van der Waals surface area contributed by atoms with Crippen molar-refractivity contribution in [2.45, 2.75) is 13.5 Å². The second-order valence-corrected chi connectivity index (χ2v) is 4.29. The Hall–Kier alpha value is -1.11. The number of hydrogen-bond donors (Lipinski definition) is 1. The molecule has 0 spiro atoms. The number of aryl methyl sites for hydroxylation is 1. The van der Waals surface area contributed by atoms with E-state index in [0.717, 1.165) is 5.56 Å². The SMILES string of the molecule is COc1cc(C)ccc1COS(N)(=O)=O. The van der Waals surface area contributed by atoms with Gasteiger partial charge in [0.25, 0.3) is 0 Å². The molecule has 0 fully saturated rings. The number of methoxy groups -OCH3 is 1. The van der Waals surface area contributed by atoms with Crippen LogP contribution in [-0.2, 0) is 21.1 Å². The second-order valence-electron chi connectivity index (χ2n) is 3.07. The first-order chi connectivity index (χ1) is 6.92. The molecule has 2 N–H and O–H groups in total. The molecule has 0 heterocycles. The summed E-state index contributed by atoms with van der Waals surface area (Å²) in [5.41, 5.74) is 1.66. The third-order valence-corrected chi connectivity index (χ3v) is 2.27. The fourth-order valence-electron chi connectivity index (χ4n) is 1.12. The molecule has 0 aromatic heterocycles. The maximum atomic E-state index is 10.6. The van der Waals surface area contributed by atoms with Crippen LogP contribution in [0.5, 0.6) is 5.75 Å². The van der Waals surface area contributed by atoms with E-state index in [0.29, 0.717) is 11.3 Å². The van der Waals surface area contributed by atoms with Gasteiger partial charge in [0.2, 0.25) is 0 Å². The molecule has 0 saturated heterocycles. The second kappa shape index (κ2) is 4.61. The van der Waals surface area contributed by atoms with Crippen LogP contribution in [0.15, 0.2) is 18.2 Å². The lowest BCUT2D eigenvalue weighted by atomic mass is 10.1. The summed E-state index contributed by atoms with van der Waals surface area (Å²) in [6.45, 7) is 1.79. The molecule has 0 atom stereocenters. The van der Waals surface area contributed by atoms with Crippen LogP contribution in [0.2, 0.25) is 0 Å². The molecule has 84 valence electrons. The highest BCUT2D eigenvalue weighted by Gasteiger charge is 2.07. The molecular formula is C9H13NO4S. The Morgan fingerprint density at radius 2 is 2.07 bits per heavy atom. The topological polar surface area (TPSA) is 78.6 Å². The van der Waals surface area contributed by atoms with Crippen molar-refractivity contribution >= 4 is 10.3 Å². The number of ether oxygens (including phenoxy) is 1. The summed E-state index contributed by atoms with van der Waals surface area (Å²) in [5.74, 6) is 0.582. The first kappa shape index (κ1) is 12.0. The minimum absolute atomic E-state index is 0.123. The van der Waals surface area contributed by atoms with Crippen molar-refractivity contribution in [2.75, 3.05) is 7.11 Å². The highest BCUT2D eigenvalue weighted by Crippen LogP contribution is 2.20. The van der Waals surface area contributed by atoms with E-state index in [2.05, 4.69) is 4.18 Å². The number of benzene rings is 1. The summed E-state index contributed by atoms with van der Waals surface area (Å²) >= 11 is 0. The molecule has 5 nitrogen and oxygen atoms in total. The molecule has 0 amide bonds. The van der Waals surface area contributed by atoms with Crippen LogP contribution < -0.4 is 9.88 Å². The van der Waals surface area contributed by atoms with Gasteiger partial charge in [0.05, 0.1) is 13.7 Å². The normalized spacial score (nSPS) is 11.4.